The highest BCUT2D eigenvalue weighted by molar-refractivity contribution is 6.33. The molecule has 0 saturated carbocycles. The normalized spacial score (nSPS) is 16.7. The van der Waals surface area contributed by atoms with Crippen LogP contribution in [0.2, 0.25) is 5.02 Å². The van der Waals surface area contributed by atoms with Gasteiger partial charge in [0.2, 0.25) is 11.8 Å². The van der Waals surface area contributed by atoms with Crippen LogP contribution in [0.25, 0.3) is 6.08 Å². The van der Waals surface area contributed by atoms with Crippen LogP contribution < -0.4 is 5.32 Å². The Morgan fingerprint density at radius 2 is 1.90 bits per heavy atom. The number of carboxylic acids is 1. The summed E-state index contributed by atoms with van der Waals surface area (Å²) in [4.78, 5) is 36.6. The highest BCUT2D eigenvalue weighted by Crippen LogP contribution is 2.36. The van der Waals surface area contributed by atoms with Gasteiger partial charge in [-0.05, 0) is 37.5 Å². The van der Waals surface area contributed by atoms with Gasteiger partial charge >= 0.3 is 12.1 Å². The van der Waals surface area contributed by atoms with Gasteiger partial charge in [0.05, 0.1) is 10.6 Å². The molecule has 6 nitrogen and oxygen atoms in total. The lowest BCUT2D eigenvalue weighted by atomic mass is 9.95. The Morgan fingerprint density at radius 1 is 1.28 bits per heavy atom. The van der Waals surface area contributed by atoms with Crippen molar-refractivity contribution in [3.05, 3.63) is 40.4 Å². The van der Waals surface area contributed by atoms with Gasteiger partial charge in [0.15, 0.2) is 0 Å². The summed E-state index contributed by atoms with van der Waals surface area (Å²) in [6.45, 7) is 1.92. The Labute approximate surface area is 170 Å². The number of piperidine rings is 1. The fourth-order valence-electron chi connectivity index (χ4n) is 2.92. The number of hydrogen-bond donors (Lipinski definition) is 2. The van der Waals surface area contributed by atoms with Crippen LogP contribution in [0.5, 0.6) is 0 Å². The minimum atomic E-state index is -4.59. The van der Waals surface area contributed by atoms with Gasteiger partial charge in [0.25, 0.3) is 0 Å². The molecule has 1 aliphatic heterocycles. The third kappa shape index (κ3) is 5.96. The molecular formula is C19H20ClF3N2O4. The van der Waals surface area contributed by atoms with E-state index in [0.29, 0.717) is 12.8 Å². The van der Waals surface area contributed by atoms with E-state index in [-0.39, 0.29) is 24.6 Å². The van der Waals surface area contributed by atoms with Crippen LogP contribution in [-0.4, -0.2) is 46.9 Å². The topological polar surface area (TPSA) is 86.7 Å². The van der Waals surface area contributed by atoms with Crippen LogP contribution in [0, 0.1) is 5.92 Å². The molecule has 2 amide bonds. The number of carboxylic acid groups (broad SMARTS) is 1. The fourth-order valence-corrected chi connectivity index (χ4v) is 3.22. The number of benzene rings is 1. The van der Waals surface area contributed by atoms with Crippen molar-refractivity contribution in [3.63, 3.8) is 0 Å². The van der Waals surface area contributed by atoms with E-state index in [1.165, 1.54) is 30.0 Å². The number of halogens is 4. The monoisotopic (exact) mass is 432 g/mol. The quantitative estimate of drug-likeness (QED) is 0.699. The minimum absolute atomic E-state index is 0.0757. The largest absolute Gasteiger partial charge is 0.480 e. The zero-order valence-corrected chi connectivity index (χ0v) is 16.3. The molecule has 1 aromatic rings. The summed E-state index contributed by atoms with van der Waals surface area (Å²) in [6, 6.07) is 2.45. The number of likely N-dealkylation sites (tertiary alicyclic amines) is 1. The van der Waals surface area contributed by atoms with Crippen molar-refractivity contribution < 1.29 is 32.7 Å². The third-order valence-electron chi connectivity index (χ3n) is 4.65. The molecule has 1 unspecified atom stereocenters. The van der Waals surface area contributed by atoms with Gasteiger partial charge in [0.1, 0.15) is 6.04 Å². The molecule has 0 spiro atoms. The van der Waals surface area contributed by atoms with Crippen molar-refractivity contribution >= 4 is 35.5 Å². The molecule has 0 aromatic heterocycles. The van der Waals surface area contributed by atoms with Crippen molar-refractivity contribution in [1.82, 2.24) is 10.2 Å². The van der Waals surface area contributed by atoms with E-state index in [1.54, 1.807) is 0 Å². The summed E-state index contributed by atoms with van der Waals surface area (Å²) in [5.74, 6) is -2.32. The molecule has 1 aliphatic rings. The number of rotatable bonds is 5. The van der Waals surface area contributed by atoms with Crippen molar-refractivity contribution in [1.29, 1.82) is 0 Å². The van der Waals surface area contributed by atoms with Crippen molar-refractivity contribution in [3.8, 4) is 0 Å². The van der Waals surface area contributed by atoms with Crippen molar-refractivity contribution in [2.75, 3.05) is 13.1 Å². The van der Waals surface area contributed by atoms with E-state index in [2.05, 4.69) is 5.32 Å². The second-order valence-electron chi connectivity index (χ2n) is 6.71. The van der Waals surface area contributed by atoms with E-state index in [9.17, 15) is 27.6 Å². The van der Waals surface area contributed by atoms with E-state index >= 15 is 0 Å². The Balaban J connectivity index is 1.95. The molecule has 29 heavy (non-hydrogen) atoms. The smallest absolute Gasteiger partial charge is 0.417 e. The van der Waals surface area contributed by atoms with Gasteiger partial charge in [-0.25, -0.2) is 0 Å². The molecule has 10 heteroatoms. The zero-order valence-electron chi connectivity index (χ0n) is 15.5. The number of carbonyl (C=O) groups is 3. The van der Waals surface area contributed by atoms with Gasteiger partial charge in [-0.1, -0.05) is 23.7 Å². The van der Waals surface area contributed by atoms with E-state index in [0.717, 1.165) is 12.1 Å². The number of nitrogens with zero attached hydrogens (tertiary/aromatic N) is 1. The third-order valence-corrected chi connectivity index (χ3v) is 5.07. The molecule has 1 saturated heterocycles. The fraction of sp³-hybridized carbons (Fsp3) is 0.421. The molecule has 1 fully saturated rings. The average molecular weight is 433 g/mol. The molecule has 2 N–H and O–H groups in total. The Bertz CT molecular complexity index is 818. The van der Waals surface area contributed by atoms with Crippen molar-refractivity contribution in [2.24, 2.45) is 5.92 Å². The number of carbonyl (C=O) groups excluding carboxylic acids is 2. The molecule has 1 heterocycles. The highest BCUT2D eigenvalue weighted by atomic mass is 35.5. The Kier molecular flexibility index (Phi) is 7.29. The maximum absolute atomic E-state index is 12.9. The molecule has 0 aliphatic carbocycles. The number of alkyl halides is 3. The van der Waals surface area contributed by atoms with Crippen molar-refractivity contribution in [2.45, 2.75) is 32.0 Å². The predicted octanol–water partition coefficient (Wildman–Crippen LogP) is 3.20. The first-order valence-electron chi connectivity index (χ1n) is 8.86. The molecule has 2 rings (SSSR count). The number of hydrogen-bond acceptors (Lipinski definition) is 3. The van der Waals surface area contributed by atoms with Crippen LogP contribution in [0.3, 0.4) is 0 Å². The van der Waals surface area contributed by atoms with E-state index in [1.807, 2.05) is 0 Å². The van der Waals surface area contributed by atoms with Crippen LogP contribution in [0.4, 0.5) is 13.2 Å². The summed E-state index contributed by atoms with van der Waals surface area (Å²) in [5.41, 5.74) is -0.900. The van der Waals surface area contributed by atoms with Gasteiger partial charge in [-0.3, -0.25) is 14.4 Å². The molecule has 1 aromatic carbocycles. The van der Waals surface area contributed by atoms with Crippen LogP contribution in [0.15, 0.2) is 24.3 Å². The summed E-state index contributed by atoms with van der Waals surface area (Å²) in [6.07, 6.45) is -1.49. The lowest BCUT2D eigenvalue weighted by Gasteiger charge is -2.31. The summed E-state index contributed by atoms with van der Waals surface area (Å²) >= 11 is 5.80. The summed E-state index contributed by atoms with van der Waals surface area (Å²) < 4.78 is 38.7. The lowest BCUT2D eigenvalue weighted by Crippen LogP contribution is -2.46. The van der Waals surface area contributed by atoms with Crippen LogP contribution >= 0.6 is 11.6 Å². The second-order valence-corrected chi connectivity index (χ2v) is 7.09. The minimum Gasteiger partial charge on any atom is -0.480 e. The highest BCUT2D eigenvalue weighted by Gasteiger charge is 2.33. The first-order chi connectivity index (χ1) is 13.5. The van der Waals surface area contributed by atoms with Gasteiger partial charge < -0.3 is 15.3 Å². The summed E-state index contributed by atoms with van der Waals surface area (Å²) in [5, 5.41) is 10.8. The Hall–Kier alpha value is -2.55. The maximum Gasteiger partial charge on any atom is 0.417 e. The lowest BCUT2D eigenvalue weighted by molar-refractivity contribution is -0.142. The van der Waals surface area contributed by atoms with E-state index in [4.69, 9.17) is 16.7 Å². The molecular weight excluding hydrogens is 413 g/mol. The SMILES string of the molecule is CC(NC(=O)C1CCN(C(=O)C=Cc2cccc(C(F)(F)F)c2Cl)CC1)C(=O)O. The number of amides is 2. The van der Waals surface area contributed by atoms with E-state index < -0.39 is 40.6 Å². The first-order valence-corrected chi connectivity index (χ1v) is 9.24. The van der Waals surface area contributed by atoms with Crippen LogP contribution in [0.1, 0.15) is 30.9 Å². The Morgan fingerprint density at radius 3 is 2.45 bits per heavy atom. The maximum atomic E-state index is 12.9. The summed E-state index contributed by atoms with van der Waals surface area (Å²) in [7, 11) is 0. The second kappa shape index (κ2) is 9.30. The zero-order chi connectivity index (χ0) is 21.8. The number of aliphatic carboxylic acids is 1. The number of nitrogens with one attached hydrogen (secondary N) is 1. The molecule has 158 valence electrons. The van der Waals surface area contributed by atoms with Gasteiger partial charge in [0, 0.05) is 25.1 Å². The molecule has 0 radical (unpaired) electrons. The molecule has 1 atom stereocenters. The average Bonchev–Trinajstić information content (AvgIpc) is 2.66. The standard InChI is InChI=1S/C19H20ClF3N2O4/c1-11(18(28)29)24-17(27)13-7-9-25(10-8-13)15(26)6-5-12-3-2-4-14(16(12)20)19(21,22)23/h2-6,11,13H,7-10H2,1H3,(H,24,27)(H,28,29). The van der Waals surface area contributed by atoms with Gasteiger partial charge in [-0.2, -0.15) is 13.2 Å². The predicted molar refractivity (Wildman–Crippen MR) is 100 cm³/mol. The molecule has 0 bridgehead atoms. The van der Waals surface area contributed by atoms with Crippen LogP contribution in [-0.2, 0) is 20.6 Å². The first kappa shape index (κ1) is 22.7. The van der Waals surface area contributed by atoms with Gasteiger partial charge in [-0.15, -0.1) is 0 Å².